The van der Waals surface area contributed by atoms with Crippen LogP contribution in [-0.4, -0.2) is 61.1 Å². The molecule has 9 nitrogen and oxygen atoms in total. The molecule has 5 rings (SSSR count). The number of hydrogen-bond donors (Lipinski definition) is 3. The Morgan fingerprint density at radius 2 is 1.80 bits per heavy atom. The summed E-state index contributed by atoms with van der Waals surface area (Å²) in [5.41, 5.74) is 10.9. The number of carboxylic acids is 1. The molecule has 2 bridgehead atoms. The lowest BCUT2D eigenvalue weighted by molar-refractivity contribution is -0.285. The minimum atomic E-state index is -0.655. The first-order chi connectivity index (χ1) is 20.9. The normalized spacial score (nSPS) is 46.1. The first kappa shape index (κ1) is 34.2. The summed E-state index contributed by atoms with van der Waals surface area (Å²) in [6.45, 7) is 20.7. The Morgan fingerprint density at radius 1 is 1.11 bits per heavy atom. The van der Waals surface area contributed by atoms with E-state index in [0.29, 0.717) is 38.0 Å². The van der Waals surface area contributed by atoms with E-state index in [-0.39, 0.29) is 52.2 Å². The number of nitrogens with zero attached hydrogens (tertiary/aromatic N) is 1. The van der Waals surface area contributed by atoms with Gasteiger partial charge in [0.1, 0.15) is 12.2 Å². The van der Waals surface area contributed by atoms with E-state index < -0.39 is 28.8 Å². The van der Waals surface area contributed by atoms with E-state index in [0.717, 1.165) is 32.1 Å². The second kappa shape index (κ2) is 11.5. The monoisotopic (exact) mass is 629 g/mol. The molecule has 0 aromatic carbocycles. The molecule has 12 atom stereocenters. The summed E-state index contributed by atoms with van der Waals surface area (Å²) in [7, 11) is 0. The van der Waals surface area contributed by atoms with Crippen LogP contribution in [0.15, 0.2) is 16.6 Å². The molecule has 1 saturated heterocycles. The summed E-state index contributed by atoms with van der Waals surface area (Å²) in [5, 5.41) is 11.0. The highest BCUT2D eigenvalue weighted by atomic mass is 16.6. The summed E-state index contributed by atoms with van der Waals surface area (Å²) in [4.78, 5) is 30.0. The number of aliphatic imine (C=N–C) groups is 1. The molecule has 0 aromatic rings. The Kier molecular flexibility index (Phi) is 8.77. The molecule has 45 heavy (non-hydrogen) atoms. The Labute approximate surface area is 270 Å². The molecule has 0 aromatic heterocycles. The van der Waals surface area contributed by atoms with E-state index in [1.807, 2.05) is 0 Å². The summed E-state index contributed by atoms with van der Waals surface area (Å²) in [6.07, 6.45) is 6.82. The molecule has 5 aliphatic rings. The molecule has 254 valence electrons. The zero-order valence-electron chi connectivity index (χ0n) is 29.2. The largest absolute Gasteiger partial charge is 0.481 e. The first-order valence-corrected chi connectivity index (χ1v) is 17.3. The van der Waals surface area contributed by atoms with Crippen molar-refractivity contribution < 1.29 is 28.9 Å². The van der Waals surface area contributed by atoms with E-state index in [1.165, 1.54) is 12.5 Å². The fourth-order valence-corrected chi connectivity index (χ4v) is 11.9. The smallest absolute Gasteiger partial charge is 0.307 e. The molecule has 4 aliphatic carbocycles. The molecular weight excluding hydrogens is 570 g/mol. The summed E-state index contributed by atoms with van der Waals surface area (Å²) in [6, 6.07) is 0. The lowest BCUT2D eigenvalue weighted by atomic mass is 9.34. The van der Waals surface area contributed by atoms with Gasteiger partial charge in [0.15, 0.2) is 5.96 Å². The fraction of sp³-hybridized carbons (Fsp3) is 0.861. The summed E-state index contributed by atoms with van der Waals surface area (Å²) < 4.78 is 19.3. The van der Waals surface area contributed by atoms with Crippen LogP contribution in [0.3, 0.4) is 0 Å². The molecular formula is C36H59N3O6. The van der Waals surface area contributed by atoms with Crippen LogP contribution in [0.5, 0.6) is 0 Å². The number of carboxylic acid groups (broad SMARTS) is 1. The number of carbonyl (C=O) groups excluding carboxylic acids is 1. The van der Waals surface area contributed by atoms with E-state index in [4.69, 9.17) is 25.7 Å². The van der Waals surface area contributed by atoms with E-state index in [2.05, 4.69) is 66.5 Å². The lowest BCUT2D eigenvalue weighted by Gasteiger charge is -2.72. The first-order valence-electron chi connectivity index (χ1n) is 17.3. The van der Waals surface area contributed by atoms with Gasteiger partial charge in [0, 0.05) is 17.8 Å². The fourth-order valence-electron chi connectivity index (χ4n) is 11.9. The summed E-state index contributed by atoms with van der Waals surface area (Å²) in [5.74, 6) is -0.190. The molecule has 5 N–H and O–H groups in total. The van der Waals surface area contributed by atoms with Crippen LogP contribution >= 0.6 is 0 Å². The van der Waals surface area contributed by atoms with Gasteiger partial charge in [-0.25, -0.2) is 0 Å². The van der Waals surface area contributed by atoms with Gasteiger partial charge in [-0.05, 0) is 85.4 Å². The number of allylic oxidation sites excluding steroid dienone is 1. The molecule has 1 aliphatic heterocycles. The molecule has 0 amide bonds. The molecule has 9 heteroatoms. The van der Waals surface area contributed by atoms with E-state index >= 15 is 0 Å². The Morgan fingerprint density at radius 3 is 2.40 bits per heavy atom. The maximum absolute atomic E-state index is 13.4. The average Bonchev–Trinajstić information content (AvgIpc) is 2.94. The predicted molar refractivity (Wildman–Crippen MR) is 174 cm³/mol. The van der Waals surface area contributed by atoms with Crippen molar-refractivity contribution in [3.05, 3.63) is 11.6 Å². The number of rotatable bonds is 8. The molecule has 1 unspecified atom stereocenters. The zero-order chi connectivity index (χ0) is 33.3. The van der Waals surface area contributed by atoms with Crippen LogP contribution in [0.25, 0.3) is 0 Å². The minimum Gasteiger partial charge on any atom is -0.481 e. The van der Waals surface area contributed by atoms with Gasteiger partial charge in [0.2, 0.25) is 0 Å². The number of fused-ring (bicyclic) bond motifs is 3. The number of esters is 1. The minimum absolute atomic E-state index is 0.0220. The van der Waals surface area contributed by atoms with E-state index in [9.17, 15) is 14.7 Å². The molecule has 3 saturated carbocycles. The molecule has 0 spiro atoms. The van der Waals surface area contributed by atoms with Gasteiger partial charge in [-0.1, -0.05) is 60.1 Å². The highest BCUT2D eigenvalue weighted by Crippen LogP contribution is 2.75. The second-order valence-corrected chi connectivity index (χ2v) is 16.6. The van der Waals surface area contributed by atoms with Crippen molar-refractivity contribution in [3.63, 3.8) is 0 Å². The Hall–Kier alpha value is -2.13. The van der Waals surface area contributed by atoms with Crippen LogP contribution in [-0.2, 0) is 23.8 Å². The van der Waals surface area contributed by atoms with Gasteiger partial charge >= 0.3 is 11.9 Å². The Bertz CT molecular complexity index is 1250. The van der Waals surface area contributed by atoms with E-state index in [1.54, 1.807) is 0 Å². The van der Waals surface area contributed by atoms with Crippen molar-refractivity contribution in [1.82, 2.24) is 0 Å². The lowest BCUT2D eigenvalue weighted by Crippen LogP contribution is -2.72. The van der Waals surface area contributed by atoms with Crippen LogP contribution in [0.1, 0.15) is 101 Å². The zero-order valence-corrected chi connectivity index (χ0v) is 29.2. The topological polar surface area (TPSA) is 146 Å². The van der Waals surface area contributed by atoms with Crippen molar-refractivity contribution >= 4 is 17.9 Å². The van der Waals surface area contributed by atoms with Crippen molar-refractivity contribution in [2.45, 2.75) is 119 Å². The highest BCUT2D eigenvalue weighted by molar-refractivity contribution is 5.75. The third-order valence-electron chi connectivity index (χ3n) is 14.6. The standard InChI is InChI=1S/C36H59N3O6/c1-20(2)21(3)32(6)14-15-34(8)24-10-11-27-33(7)19-44-22(4)36(27,25(24)12-13-35(34,9)28(32)30(41)42)18-26(45-23(5)40)29(33)43-17-16-39-31(37)38/h12,20-22,24,26-29H,10-11,13-19H2,1-9H3,(H,41,42)(H4,37,38,39)/t21-,22+,24+,26-,27+,28-,29+,32-,33?,34-,35+,36+/m1/s1. The quantitative estimate of drug-likeness (QED) is 0.104. The number of aliphatic carboxylic acids is 1. The average molecular weight is 630 g/mol. The number of carbonyl (C=O) groups is 2. The van der Waals surface area contributed by atoms with Crippen molar-refractivity contribution in [2.24, 2.45) is 73.1 Å². The number of nitrogens with two attached hydrogens (primary N) is 2. The number of guanidine groups is 1. The third kappa shape index (κ3) is 4.87. The maximum atomic E-state index is 13.4. The van der Waals surface area contributed by atoms with Crippen molar-refractivity contribution in [1.29, 1.82) is 0 Å². The highest BCUT2D eigenvalue weighted by Gasteiger charge is 2.73. The Balaban J connectivity index is 1.59. The SMILES string of the molecule is CC(=O)O[C@@H]1C[C@]23C4=CC[C@@]5(C)[C@H](C(=O)O)[C@@](C)([C@H](C)C(C)C)CC[C@]5(C)[C@H]4CC[C@H]2C(C)(CO[C@H]3C)[C@H]1OCCN=C(N)N. The van der Waals surface area contributed by atoms with Gasteiger partial charge in [-0.15, -0.1) is 0 Å². The second-order valence-electron chi connectivity index (χ2n) is 16.6. The van der Waals surface area contributed by atoms with Crippen molar-refractivity contribution in [2.75, 3.05) is 19.8 Å². The number of hydrogen-bond acceptors (Lipinski definition) is 6. The molecule has 4 fully saturated rings. The third-order valence-corrected chi connectivity index (χ3v) is 14.6. The van der Waals surface area contributed by atoms with Gasteiger partial charge in [0.05, 0.1) is 31.8 Å². The van der Waals surface area contributed by atoms with Crippen LogP contribution in [0.4, 0.5) is 0 Å². The van der Waals surface area contributed by atoms with Crippen LogP contribution < -0.4 is 11.5 Å². The summed E-state index contributed by atoms with van der Waals surface area (Å²) >= 11 is 0. The van der Waals surface area contributed by atoms with Crippen LogP contribution in [0, 0.1) is 56.7 Å². The number of ether oxygens (including phenoxy) is 3. The molecule has 0 radical (unpaired) electrons. The van der Waals surface area contributed by atoms with Crippen LogP contribution in [0.2, 0.25) is 0 Å². The van der Waals surface area contributed by atoms with Gasteiger partial charge < -0.3 is 30.8 Å². The van der Waals surface area contributed by atoms with Gasteiger partial charge in [-0.3, -0.25) is 14.6 Å². The van der Waals surface area contributed by atoms with Crippen molar-refractivity contribution in [3.8, 4) is 0 Å². The molecule has 1 heterocycles. The van der Waals surface area contributed by atoms with Gasteiger partial charge in [0.25, 0.3) is 0 Å². The van der Waals surface area contributed by atoms with Gasteiger partial charge in [-0.2, -0.15) is 0 Å². The predicted octanol–water partition coefficient (Wildman–Crippen LogP) is 5.55. The maximum Gasteiger partial charge on any atom is 0.307 e.